The Morgan fingerprint density at radius 3 is 2.33 bits per heavy atom. The van der Waals surface area contributed by atoms with Crippen molar-refractivity contribution in [3.8, 4) is 0 Å². The third-order valence-corrected chi connectivity index (χ3v) is 3.61. The van der Waals surface area contributed by atoms with Gasteiger partial charge in [-0.2, -0.15) is 10.5 Å². The summed E-state index contributed by atoms with van der Waals surface area (Å²) in [5.74, 6) is -1.50. The van der Waals surface area contributed by atoms with Crippen LogP contribution in [0, 0.1) is 11.8 Å². The SMILES string of the molecule is O=C(CCCC(C(=O)OO)C1CCCCC1)OO. The van der Waals surface area contributed by atoms with E-state index in [0.717, 1.165) is 25.7 Å². The maximum absolute atomic E-state index is 11.5. The van der Waals surface area contributed by atoms with Crippen LogP contribution in [0.5, 0.6) is 0 Å². The van der Waals surface area contributed by atoms with Crippen LogP contribution in [0.25, 0.3) is 0 Å². The number of carbonyl (C=O) groups is 2. The molecule has 1 rings (SSSR count). The predicted octanol–water partition coefficient (Wildman–Crippen LogP) is 2.39. The molecule has 104 valence electrons. The molecule has 0 radical (unpaired) electrons. The van der Waals surface area contributed by atoms with Gasteiger partial charge >= 0.3 is 11.9 Å². The van der Waals surface area contributed by atoms with Crippen LogP contribution in [0.2, 0.25) is 0 Å². The number of hydrogen-bond donors (Lipinski definition) is 2. The molecule has 0 aliphatic heterocycles. The fourth-order valence-corrected chi connectivity index (χ4v) is 2.66. The molecule has 0 amide bonds. The summed E-state index contributed by atoms with van der Waals surface area (Å²) in [7, 11) is 0. The van der Waals surface area contributed by atoms with E-state index < -0.39 is 11.9 Å². The van der Waals surface area contributed by atoms with Crippen molar-refractivity contribution in [3.05, 3.63) is 0 Å². The lowest BCUT2D eigenvalue weighted by Crippen LogP contribution is -2.27. The maximum Gasteiger partial charge on any atom is 0.345 e. The van der Waals surface area contributed by atoms with E-state index in [1.807, 2.05) is 0 Å². The van der Waals surface area contributed by atoms with Crippen LogP contribution < -0.4 is 0 Å². The van der Waals surface area contributed by atoms with Gasteiger partial charge in [0.1, 0.15) is 0 Å². The van der Waals surface area contributed by atoms with Crippen molar-refractivity contribution in [2.75, 3.05) is 0 Å². The van der Waals surface area contributed by atoms with Gasteiger partial charge in [0.2, 0.25) is 0 Å². The van der Waals surface area contributed by atoms with Crippen molar-refractivity contribution < 1.29 is 29.9 Å². The molecule has 0 heterocycles. The fraction of sp³-hybridized carbons (Fsp3) is 0.833. The summed E-state index contributed by atoms with van der Waals surface area (Å²) >= 11 is 0. The molecule has 1 aliphatic carbocycles. The first-order valence-corrected chi connectivity index (χ1v) is 6.38. The zero-order valence-electron chi connectivity index (χ0n) is 10.3. The highest BCUT2D eigenvalue weighted by atomic mass is 17.1. The molecular formula is C12H20O6. The standard InChI is InChI=1S/C12H20O6/c13-11(17-15)8-4-7-10(12(14)18-16)9-5-2-1-3-6-9/h9-10,15-16H,1-8H2. The first-order valence-electron chi connectivity index (χ1n) is 6.38. The number of carbonyl (C=O) groups excluding carboxylic acids is 2. The van der Waals surface area contributed by atoms with Gasteiger partial charge in [-0.15, -0.1) is 0 Å². The summed E-state index contributed by atoms with van der Waals surface area (Å²) in [6.45, 7) is 0. The van der Waals surface area contributed by atoms with Gasteiger partial charge in [-0.05, 0) is 31.6 Å². The molecule has 0 aromatic rings. The Morgan fingerprint density at radius 1 is 1.11 bits per heavy atom. The topological polar surface area (TPSA) is 93.1 Å². The molecule has 1 saturated carbocycles. The fourth-order valence-electron chi connectivity index (χ4n) is 2.66. The maximum atomic E-state index is 11.5. The third-order valence-electron chi connectivity index (χ3n) is 3.61. The molecule has 1 fully saturated rings. The molecule has 0 bridgehead atoms. The van der Waals surface area contributed by atoms with Crippen LogP contribution in [0.1, 0.15) is 51.4 Å². The zero-order valence-corrected chi connectivity index (χ0v) is 10.3. The quantitative estimate of drug-likeness (QED) is 0.562. The molecule has 6 nitrogen and oxygen atoms in total. The average Bonchev–Trinajstić information content (AvgIpc) is 2.43. The van der Waals surface area contributed by atoms with Crippen LogP contribution in [-0.4, -0.2) is 22.5 Å². The van der Waals surface area contributed by atoms with Crippen LogP contribution in [0.15, 0.2) is 0 Å². The summed E-state index contributed by atoms with van der Waals surface area (Å²) in [6.07, 6.45) is 6.17. The molecule has 1 unspecified atom stereocenters. The van der Waals surface area contributed by atoms with Crippen LogP contribution in [-0.2, 0) is 19.4 Å². The third kappa shape index (κ3) is 4.62. The average molecular weight is 260 g/mol. The van der Waals surface area contributed by atoms with Crippen LogP contribution in [0.4, 0.5) is 0 Å². The molecule has 6 heteroatoms. The molecule has 0 spiro atoms. The van der Waals surface area contributed by atoms with Crippen LogP contribution >= 0.6 is 0 Å². The van der Waals surface area contributed by atoms with E-state index in [1.165, 1.54) is 6.42 Å². The Morgan fingerprint density at radius 2 is 1.78 bits per heavy atom. The normalized spacial score (nSPS) is 18.1. The van der Waals surface area contributed by atoms with E-state index in [0.29, 0.717) is 12.8 Å². The lowest BCUT2D eigenvalue weighted by molar-refractivity contribution is -0.241. The molecular weight excluding hydrogens is 240 g/mol. The number of hydrogen-bond acceptors (Lipinski definition) is 6. The van der Waals surface area contributed by atoms with E-state index in [9.17, 15) is 9.59 Å². The molecule has 1 atom stereocenters. The van der Waals surface area contributed by atoms with Crippen molar-refractivity contribution >= 4 is 11.9 Å². The lowest BCUT2D eigenvalue weighted by Gasteiger charge is -2.27. The molecule has 0 aromatic carbocycles. The highest BCUT2D eigenvalue weighted by Gasteiger charge is 2.30. The second-order valence-electron chi connectivity index (χ2n) is 4.77. The minimum absolute atomic E-state index is 0.0540. The smallest absolute Gasteiger partial charge is 0.301 e. The van der Waals surface area contributed by atoms with E-state index in [-0.39, 0.29) is 18.3 Å². The largest absolute Gasteiger partial charge is 0.345 e. The first kappa shape index (κ1) is 14.9. The Kier molecular flexibility index (Phi) is 6.67. The van der Waals surface area contributed by atoms with Crippen molar-refractivity contribution in [3.63, 3.8) is 0 Å². The van der Waals surface area contributed by atoms with Gasteiger partial charge in [-0.25, -0.2) is 9.59 Å². The first-order chi connectivity index (χ1) is 8.69. The Labute approximate surface area is 106 Å². The van der Waals surface area contributed by atoms with Gasteiger partial charge < -0.3 is 9.78 Å². The summed E-state index contributed by atoms with van der Waals surface area (Å²) in [5, 5.41) is 16.6. The Bertz CT molecular complexity index is 272. The van der Waals surface area contributed by atoms with Crippen LogP contribution in [0.3, 0.4) is 0 Å². The van der Waals surface area contributed by atoms with E-state index in [1.54, 1.807) is 0 Å². The van der Waals surface area contributed by atoms with Gasteiger partial charge in [0, 0.05) is 6.42 Å². The minimum Gasteiger partial charge on any atom is -0.301 e. The van der Waals surface area contributed by atoms with Gasteiger partial charge in [0.05, 0.1) is 5.92 Å². The molecule has 0 aromatic heterocycles. The van der Waals surface area contributed by atoms with Crippen molar-refractivity contribution in [1.82, 2.24) is 0 Å². The highest BCUT2D eigenvalue weighted by molar-refractivity contribution is 5.72. The van der Waals surface area contributed by atoms with Crippen molar-refractivity contribution in [2.24, 2.45) is 11.8 Å². The van der Waals surface area contributed by atoms with Gasteiger partial charge in [-0.1, -0.05) is 19.3 Å². The monoisotopic (exact) mass is 260 g/mol. The Balaban J connectivity index is 2.44. The second-order valence-corrected chi connectivity index (χ2v) is 4.77. The zero-order chi connectivity index (χ0) is 13.4. The highest BCUT2D eigenvalue weighted by Crippen LogP contribution is 2.33. The minimum atomic E-state index is -0.713. The molecule has 2 N–H and O–H groups in total. The van der Waals surface area contributed by atoms with E-state index >= 15 is 0 Å². The molecule has 18 heavy (non-hydrogen) atoms. The number of rotatable bonds is 6. The summed E-state index contributed by atoms with van der Waals surface area (Å²) in [4.78, 5) is 29.7. The van der Waals surface area contributed by atoms with Gasteiger partial charge in [0.15, 0.2) is 0 Å². The molecule has 1 aliphatic rings. The summed E-state index contributed by atoms with van der Waals surface area (Å²) < 4.78 is 0. The van der Waals surface area contributed by atoms with E-state index in [2.05, 4.69) is 9.78 Å². The van der Waals surface area contributed by atoms with Gasteiger partial charge in [-0.3, -0.25) is 0 Å². The predicted molar refractivity (Wildman–Crippen MR) is 61.4 cm³/mol. The summed E-state index contributed by atoms with van der Waals surface area (Å²) in [6, 6.07) is 0. The van der Waals surface area contributed by atoms with Crippen molar-refractivity contribution in [2.45, 2.75) is 51.4 Å². The Hall–Kier alpha value is -1.14. The summed E-state index contributed by atoms with van der Waals surface area (Å²) in [5.41, 5.74) is 0. The van der Waals surface area contributed by atoms with E-state index in [4.69, 9.17) is 10.5 Å². The second kappa shape index (κ2) is 8.05. The van der Waals surface area contributed by atoms with Crippen molar-refractivity contribution in [1.29, 1.82) is 0 Å². The molecule has 0 saturated heterocycles. The van der Waals surface area contributed by atoms with Gasteiger partial charge in [0.25, 0.3) is 0 Å². The lowest BCUT2D eigenvalue weighted by atomic mass is 9.78.